The molecule has 6 heteroatoms. The van der Waals surface area contributed by atoms with E-state index in [1.54, 1.807) is 24.3 Å². The summed E-state index contributed by atoms with van der Waals surface area (Å²) in [6.45, 7) is 6.87. The van der Waals surface area contributed by atoms with Crippen LogP contribution in [0.3, 0.4) is 0 Å². The normalized spacial score (nSPS) is 10.4. The van der Waals surface area contributed by atoms with E-state index in [2.05, 4.69) is 95.8 Å². The topological polar surface area (TPSA) is 59.1 Å². The fourth-order valence-electron chi connectivity index (χ4n) is 4.70. The van der Waals surface area contributed by atoms with Gasteiger partial charge in [-0.15, -0.1) is 0 Å². The van der Waals surface area contributed by atoms with Crippen LogP contribution in [0.5, 0.6) is 11.5 Å². The minimum absolute atomic E-state index is 0.470. The average Bonchev–Trinajstić information content (AvgIpc) is 3.06. The van der Waals surface area contributed by atoms with E-state index in [1.165, 1.54) is 0 Å². The van der Waals surface area contributed by atoms with Gasteiger partial charge in [-0.05, 0) is 95.1 Å². The number of rotatable bonds is 10. The van der Waals surface area contributed by atoms with Crippen molar-refractivity contribution in [2.24, 2.45) is 0 Å². The summed E-state index contributed by atoms with van der Waals surface area (Å²) >= 11 is 0. The van der Waals surface area contributed by atoms with E-state index < -0.39 is 11.9 Å². The summed E-state index contributed by atoms with van der Waals surface area (Å²) in [5.74, 6) is -0.0344. The van der Waals surface area contributed by atoms with Gasteiger partial charge >= 0.3 is 11.9 Å². The lowest BCUT2D eigenvalue weighted by Gasteiger charge is -2.26. The molecule has 0 atom stereocenters. The quantitative estimate of drug-likeness (QED) is 0.0935. The van der Waals surface area contributed by atoms with Gasteiger partial charge in [0.25, 0.3) is 0 Å². The molecule has 0 aromatic heterocycles. The monoisotopic (exact) mass is 580 g/mol. The third-order valence-corrected chi connectivity index (χ3v) is 7.02. The van der Waals surface area contributed by atoms with Crippen molar-refractivity contribution in [2.75, 3.05) is 23.9 Å². The highest BCUT2D eigenvalue weighted by Crippen LogP contribution is 2.37. The molecule has 0 aliphatic heterocycles. The van der Waals surface area contributed by atoms with Crippen LogP contribution in [0.4, 0.5) is 22.7 Å². The highest BCUT2D eigenvalue weighted by Gasteiger charge is 2.14. The number of carbonyl (C=O) groups excluding carboxylic acids is 2. The fourth-order valence-corrected chi connectivity index (χ4v) is 4.70. The molecule has 0 N–H and O–H groups in total. The summed E-state index contributed by atoms with van der Waals surface area (Å²) in [5, 5.41) is 0. The highest BCUT2D eigenvalue weighted by molar-refractivity contribution is 5.84. The summed E-state index contributed by atoms with van der Waals surface area (Å²) in [4.78, 5) is 27.3. The first-order valence-electron chi connectivity index (χ1n) is 14.0. The molecule has 0 radical (unpaired) electrons. The summed E-state index contributed by atoms with van der Waals surface area (Å²) in [5.41, 5.74) is 8.24. The molecule has 6 nitrogen and oxygen atoms in total. The van der Waals surface area contributed by atoms with E-state index in [0.29, 0.717) is 11.5 Å². The predicted molar refractivity (Wildman–Crippen MR) is 178 cm³/mol. The molecule has 0 saturated heterocycles. The van der Waals surface area contributed by atoms with E-state index in [0.717, 1.165) is 57.2 Å². The van der Waals surface area contributed by atoms with Crippen molar-refractivity contribution in [1.82, 2.24) is 0 Å². The molecular weight excluding hydrogens is 548 g/mol. The number of hydrogen-bond donors (Lipinski definition) is 0. The summed E-state index contributed by atoms with van der Waals surface area (Å²) < 4.78 is 10.4. The minimum atomic E-state index is -0.488. The lowest BCUT2D eigenvalue weighted by Crippen LogP contribution is -2.11. The van der Waals surface area contributed by atoms with E-state index in [1.807, 2.05) is 38.4 Å². The molecule has 0 aliphatic carbocycles. The van der Waals surface area contributed by atoms with Gasteiger partial charge in [-0.3, -0.25) is 0 Å². The molecule has 44 heavy (non-hydrogen) atoms. The SMILES string of the molecule is C=CC(=O)Oc1ccc(-c2ccc(N(c3ccc(-c4ccc(OC(=O)C=C)cc4)cc3)c3ccc(N(C)C)cc3)cc2)cc1. The van der Waals surface area contributed by atoms with Crippen molar-refractivity contribution in [3.63, 3.8) is 0 Å². The van der Waals surface area contributed by atoms with Gasteiger partial charge in [0.15, 0.2) is 0 Å². The molecule has 0 saturated carbocycles. The third kappa shape index (κ3) is 6.94. The van der Waals surface area contributed by atoms with Crippen molar-refractivity contribution >= 4 is 34.7 Å². The Bertz CT molecular complexity index is 1650. The Kier molecular flexibility index (Phi) is 9.02. The second kappa shape index (κ2) is 13.4. The molecule has 0 aliphatic rings. The van der Waals surface area contributed by atoms with Gasteiger partial charge in [0.2, 0.25) is 0 Å². The maximum atomic E-state index is 11.5. The molecule has 0 bridgehead atoms. The number of esters is 2. The van der Waals surface area contributed by atoms with Gasteiger partial charge in [-0.2, -0.15) is 0 Å². The van der Waals surface area contributed by atoms with Crippen molar-refractivity contribution in [1.29, 1.82) is 0 Å². The zero-order valence-electron chi connectivity index (χ0n) is 24.6. The van der Waals surface area contributed by atoms with Gasteiger partial charge in [0.05, 0.1) is 0 Å². The largest absolute Gasteiger partial charge is 0.423 e. The Morgan fingerprint density at radius 1 is 0.477 bits per heavy atom. The second-order valence-corrected chi connectivity index (χ2v) is 10.1. The van der Waals surface area contributed by atoms with Crippen LogP contribution in [-0.4, -0.2) is 26.0 Å². The van der Waals surface area contributed by atoms with Gasteiger partial charge in [-0.25, -0.2) is 9.59 Å². The van der Waals surface area contributed by atoms with Crippen molar-refractivity contribution < 1.29 is 19.1 Å². The Balaban J connectivity index is 1.43. The first-order valence-corrected chi connectivity index (χ1v) is 14.0. The number of hydrogen-bond acceptors (Lipinski definition) is 6. The van der Waals surface area contributed by atoms with Crippen LogP contribution >= 0.6 is 0 Å². The van der Waals surface area contributed by atoms with Gasteiger partial charge < -0.3 is 19.3 Å². The second-order valence-electron chi connectivity index (χ2n) is 10.1. The van der Waals surface area contributed by atoms with Gasteiger partial charge in [0.1, 0.15) is 11.5 Å². The number of nitrogens with zero attached hydrogens (tertiary/aromatic N) is 2. The van der Waals surface area contributed by atoms with Crippen LogP contribution in [0.15, 0.2) is 147 Å². The molecule has 5 rings (SSSR count). The maximum absolute atomic E-state index is 11.5. The molecule has 0 amide bonds. The van der Waals surface area contributed by atoms with E-state index in [9.17, 15) is 9.59 Å². The molecule has 5 aromatic rings. The third-order valence-electron chi connectivity index (χ3n) is 7.02. The molecule has 218 valence electrons. The number of anilines is 4. The summed E-state index contributed by atoms with van der Waals surface area (Å²) in [6, 6.07) is 39.9. The Labute approximate surface area is 257 Å². The maximum Gasteiger partial charge on any atom is 0.335 e. The van der Waals surface area contributed by atoms with Crippen LogP contribution < -0.4 is 19.3 Å². The van der Waals surface area contributed by atoms with E-state index >= 15 is 0 Å². The molecule has 5 aromatic carbocycles. The summed E-state index contributed by atoms with van der Waals surface area (Å²) in [6.07, 6.45) is 2.28. The number of benzene rings is 5. The molecule has 0 spiro atoms. The molecular formula is C38H32N2O4. The number of carbonyl (C=O) groups is 2. The van der Waals surface area contributed by atoms with E-state index in [-0.39, 0.29) is 0 Å². The van der Waals surface area contributed by atoms with Crippen LogP contribution in [-0.2, 0) is 9.59 Å². The van der Waals surface area contributed by atoms with Crippen LogP contribution in [0.2, 0.25) is 0 Å². The van der Waals surface area contributed by atoms with Crippen LogP contribution in [0.25, 0.3) is 22.3 Å². The summed E-state index contributed by atoms with van der Waals surface area (Å²) in [7, 11) is 4.05. The smallest absolute Gasteiger partial charge is 0.335 e. The fraction of sp³-hybridized carbons (Fsp3) is 0.0526. The van der Waals surface area contributed by atoms with Crippen molar-refractivity contribution in [2.45, 2.75) is 0 Å². The lowest BCUT2D eigenvalue weighted by atomic mass is 10.0. The average molecular weight is 581 g/mol. The van der Waals surface area contributed by atoms with Crippen LogP contribution in [0.1, 0.15) is 0 Å². The predicted octanol–water partition coefficient (Wildman–Crippen LogP) is 8.74. The first kappa shape index (κ1) is 29.6. The van der Waals surface area contributed by atoms with Gasteiger partial charge in [0, 0.05) is 49.0 Å². The zero-order valence-corrected chi connectivity index (χ0v) is 24.6. The lowest BCUT2D eigenvalue weighted by molar-refractivity contribution is -0.129. The van der Waals surface area contributed by atoms with E-state index in [4.69, 9.17) is 9.47 Å². The standard InChI is InChI=1S/C38H32N2O4/c1-5-37(41)43-35-23-11-29(12-24-35)27-7-15-32(16-8-27)40(34-21-19-31(20-22-34)39(3)4)33-17-9-28(10-18-33)30-13-25-36(26-14-30)44-38(42)6-2/h5-26H,1-2H2,3-4H3. The Hall–Kier alpha value is -5.88. The zero-order chi connectivity index (χ0) is 31.1. The van der Waals surface area contributed by atoms with Crippen molar-refractivity contribution in [3.05, 3.63) is 147 Å². The number of ether oxygens (including phenoxy) is 2. The van der Waals surface area contributed by atoms with Crippen molar-refractivity contribution in [3.8, 4) is 33.8 Å². The Morgan fingerprint density at radius 3 is 1.05 bits per heavy atom. The molecule has 0 fully saturated rings. The molecule has 0 unspecified atom stereocenters. The highest BCUT2D eigenvalue weighted by atomic mass is 16.5. The minimum Gasteiger partial charge on any atom is -0.423 e. The molecule has 0 heterocycles. The van der Waals surface area contributed by atoms with Crippen LogP contribution in [0, 0.1) is 0 Å². The Morgan fingerprint density at radius 2 is 0.750 bits per heavy atom. The first-order chi connectivity index (χ1) is 21.3. The van der Waals surface area contributed by atoms with Gasteiger partial charge in [-0.1, -0.05) is 61.7 Å².